The maximum atomic E-state index is 12.9. The molecule has 1 aromatic heterocycles. The molecule has 0 radical (unpaired) electrons. The molecule has 156 valence electrons. The van der Waals surface area contributed by atoms with Gasteiger partial charge in [0.05, 0.1) is 11.8 Å². The van der Waals surface area contributed by atoms with E-state index in [-0.39, 0.29) is 12.2 Å². The molecule has 0 aliphatic heterocycles. The van der Waals surface area contributed by atoms with Gasteiger partial charge in [-0.05, 0) is 29.3 Å². The van der Waals surface area contributed by atoms with Crippen LogP contribution in [0.15, 0.2) is 79.0 Å². The molecule has 7 heteroatoms. The third-order valence-corrected chi connectivity index (χ3v) is 4.90. The quantitative estimate of drug-likeness (QED) is 0.407. The lowest BCUT2D eigenvalue weighted by molar-refractivity contribution is -0.137. The molecule has 0 saturated heterocycles. The van der Waals surface area contributed by atoms with E-state index in [1.165, 1.54) is 12.1 Å². The predicted molar refractivity (Wildman–Crippen MR) is 113 cm³/mol. The van der Waals surface area contributed by atoms with Crippen LogP contribution in [0.1, 0.15) is 27.0 Å². The Labute approximate surface area is 176 Å². The molecule has 4 nitrogen and oxygen atoms in total. The summed E-state index contributed by atoms with van der Waals surface area (Å²) in [5.74, 6) is 0.329. The highest BCUT2D eigenvalue weighted by Crippen LogP contribution is 2.30. The molecule has 3 aromatic carbocycles. The fourth-order valence-corrected chi connectivity index (χ4v) is 3.32. The van der Waals surface area contributed by atoms with Gasteiger partial charge in [-0.15, -0.1) is 5.10 Å². The smallest absolute Gasteiger partial charge is 0.364 e. The summed E-state index contributed by atoms with van der Waals surface area (Å²) in [5.41, 5.74) is 1.06. The highest BCUT2D eigenvalue weighted by atomic mass is 19.4. The Morgan fingerprint density at radius 1 is 0.903 bits per heavy atom. The van der Waals surface area contributed by atoms with Crippen molar-refractivity contribution in [3.63, 3.8) is 0 Å². The summed E-state index contributed by atoms with van der Waals surface area (Å²) in [5, 5.41) is 12.9. The number of aromatic nitrogens is 2. The molecule has 0 aliphatic rings. The molecular formula is C24H18F3N3O. The highest BCUT2D eigenvalue weighted by molar-refractivity contribution is 6.02. The number of benzene rings is 3. The summed E-state index contributed by atoms with van der Waals surface area (Å²) < 4.78 is 38.7. The normalized spacial score (nSPS) is 11.5. The van der Waals surface area contributed by atoms with E-state index >= 15 is 0 Å². The maximum absolute atomic E-state index is 12.9. The van der Waals surface area contributed by atoms with Gasteiger partial charge in [0, 0.05) is 29.3 Å². The molecule has 4 rings (SSSR count). The zero-order valence-corrected chi connectivity index (χ0v) is 16.4. The number of Topliss-reactive ketones (excluding diaryl/α,β-unsaturated/α-hetero) is 1. The van der Waals surface area contributed by atoms with Gasteiger partial charge in [-0.1, -0.05) is 54.6 Å². The van der Waals surface area contributed by atoms with Gasteiger partial charge in [-0.3, -0.25) is 4.79 Å². The van der Waals surface area contributed by atoms with Gasteiger partial charge < -0.3 is 5.32 Å². The molecule has 0 amide bonds. The summed E-state index contributed by atoms with van der Waals surface area (Å²) in [6.45, 7) is 0.574. The van der Waals surface area contributed by atoms with Crippen LogP contribution in [0.4, 0.5) is 19.0 Å². The first-order valence-corrected chi connectivity index (χ1v) is 9.63. The van der Waals surface area contributed by atoms with Crippen molar-refractivity contribution in [2.75, 3.05) is 5.32 Å². The van der Waals surface area contributed by atoms with Gasteiger partial charge in [-0.25, -0.2) is 0 Å². The first-order valence-electron chi connectivity index (χ1n) is 9.63. The Morgan fingerprint density at radius 3 is 2.45 bits per heavy atom. The van der Waals surface area contributed by atoms with Crippen molar-refractivity contribution in [1.29, 1.82) is 0 Å². The van der Waals surface area contributed by atoms with Crippen molar-refractivity contribution in [3.05, 3.63) is 101 Å². The number of rotatable bonds is 6. The highest BCUT2D eigenvalue weighted by Gasteiger charge is 2.30. The second kappa shape index (κ2) is 8.55. The zero-order valence-electron chi connectivity index (χ0n) is 16.4. The van der Waals surface area contributed by atoms with Crippen LogP contribution < -0.4 is 5.32 Å². The van der Waals surface area contributed by atoms with Crippen molar-refractivity contribution >= 4 is 22.4 Å². The minimum absolute atomic E-state index is 0.118. The van der Waals surface area contributed by atoms with Crippen molar-refractivity contribution in [2.45, 2.75) is 19.1 Å². The minimum Gasteiger partial charge on any atom is -0.364 e. The summed E-state index contributed by atoms with van der Waals surface area (Å²) >= 11 is 0. The van der Waals surface area contributed by atoms with Crippen LogP contribution in [0, 0.1) is 0 Å². The lowest BCUT2D eigenvalue weighted by atomic mass is 9.99. The molecule has 1 N–H and O–H groups in total. The lowest BCUT2D eigenvalue weighted by Gasteiger charge is -2.10. The number of nitrogens with one attached hydrogen (secondary N) is 1. The Balaban J connectivity index is 1.53. The number of halogens is 3. The number of hydrogen-bond donors (Lipinski definition) is 1. The monoisotopic (exact) mass is 421 g/mol. The topological polar surface area (TPSA) is 54.9 Å². The number of alkyl halides is 3. The summed E-state index contributed by atoms with van der Waals surface area (Å²) in [6, 6.07) is 19.8. The molecule has 31 heavy (non-hydrogen) atoms. The Bertz CT molecular complexity index is 1220. The minimum atomic E-state index is -4.44. The first kappa shape index (κ1) is 20.5. The van der Waals surface area contributed by atoms with Gasteiger partial charge in [-0.2, -0.15) is 18.3 Å². The zero-order chi connectivity index (χ0) is 21.8. The molecule has 0 bridgehead atoms. The molecule has 1 heterocycles. The fourth-order valence-electron chi connectivity index (χ4n) is 3.32. The molecular weight excluding hydrogens is 403 g/mol. The van der Waals surface area contributed by atoms with Crippen LogP contribution in [0.5, 0.6) is 0 Å². The predicted octanol–water partition coefficient (Wildman–Crippen LogP) is 5.69. The summed E-state index contributed by atoms with van der Waals surface area (Å²) in [4.78, 5) is 12.7. The van der Waals surface area contributed by atoms with E-state index in [0.29, 0.717) is 23.5 Å². The molecule has 0 saturated carbocycles. The second-order valence-electron chi connectivity index (χ2n) is 7.13. The number of nitrogens with zero attached hydrogens (tertiary/aromatic N) is 2. The standard InChI is InChI=1S/C24H18F3N3O/c25-24(26,27)20-8-4-7-17(11-20)12-22(31)18-9-10-21-19(13-18)15-29-30-23(21)28-14-16-5-2-1-3-6-16/h1-11,13,15H,12,14H2,(H,28,30). The molecule has 4 aromatic rings. The van der Waals surface area contributed by atoms with E-state index < -0.39 is 11.7 Å². The third kappa shape index (κ3) is 4.88. The van der Waals surface area contributed by atoms with Gasteiger partial charge in [0.25, 0.3) is 0 Å². The number of ketones is 1. The molecule has 0 fully saturated rings. The first-order chi connectivity index (χ1) is 14.9. The van der Waals surface area contributed by atoms with Gasteiger partial charge in [0.15, 0.2) is 11.6 Å². The Hall–Kier alpha value is -3.74. The average Bonchev–Trinajstić information content (AvgIpc) is 2.77. The Morgan fingerprint density at radius 2 is 1.68 bits per heavy atom. The summed E-state index contributed by atoms with van der Waals surface area (Å²) in [7, 11) is 0. The van der Waals surface area contributed by atoms with E-state index in [9.17, 15) is 18.0 Å². The van der Waals surface area contributed by atoms with E-state index in [0.717, 1.165) is 28.5 Å². The summed E-state index contributed by atoms with van der Waals surface area (Å²) in [6.07, 6.45) is -3.00. The van der Waals surface area contributed by atoms with Crippen LogP contribution >= 0.6 is 0 Å². The van der Waals surface area contributed by atoms with Gasteiger partial charge >= 0.3 is 6.18 Å². The number of fused-ring (bicyclic) bond motifs is 1. The number of hydrogen-bond acceptors (Lipinski definition) is 4. The van der Waals surface area contributed by atoms with Crippen molar-refractivity contribution in [3.8, 4) is 0 Å². The SMILES string of the molecule is O=C(Cc1cccc(C(F)(F)F)c1)c1ccc2c(NCc3ccccc3)nncc2c1. The van der Waals surface area contributed by atoms with E-state index in [4.69, 9.17) is 0 Å². The number of anilines is 1. The average molecular weight is 421 g/mol. The van der Waals surface area contributed by atoms with Crippen LogP contribution in [-0.2, 0) is 19.1 Å². The third-order valence-electron chi connectivity index (χ3n) is 4.90. The number of carbonyl (C=O) groups excluding carboxylic acids is 1. The van der Waals surface area contributed by atoms with Crippen LogP contribution in [0.3, 0.4) is 0 Å². The maximum Gasteiger partial charge on any atom is 0.416 e. The van der Waals surface area contributed by atoms with Crippen molar-refractivity contribution in [1.82, 2.24) is 10.2 Å². The van der Waals surface area contributed by atoms with Gasteiger partial charge in [0.2, 0.25) is 0 Å². The largest absolute Gasteiger partial charge is 0.416 e. The van der Waals surface area contributed by atoms with Gasteiger partial charge in [0.1, 0.15) is 0 Å². The van der Waals surface area contributed by atoms with E-state index in [2.05, 4.69) is 15.5 Å². The van der Waals surface area contributed by atoms with E-state index in [1.807, 2.05) is 30.3 Å². The van der Waals surface area contributed by atoms with Crippen LogP contribution in [0.25, 0.3) is 10.8 Å². The molecule has 0 spiro atoms. The molecule has 0 atom stereocenters. The Kier molecular flexibility index (Phi) is 5.66. The van der Waals surface area contributed by atoms with Crippen LogP contribution in [0.2, 0.25) is 0 Å². The lowest BCUT2D eigenvalue weighted by Crippen LogP contribution is -2.08. The molecule has 0 aliphatic carbocycles. The van der Waals surface area contributed by atoms with Crippen molar-refractivity contribution < 1.29 is 18.0 Å². The fraction of sp³-hybridized carbons (Fsp3) is 0.125. The van der Waals surface area contributed by atoms with E-state index in [1.54, 1.807) is 24.4 Å². The van der Waals surface area contributed by atoms with Crippen LogP contribution in [-0.4, -0.2) is 16.0 Å². The van der Waals surface area contributed by atoms with Crippen molar-refractivity contribution in [2.24, 2.45) is 0 Å². The second-order valence-corrected chi connectivity index (χ2v) is 7.13. The number of carbonyl (C=O) groups is 1. The molecule has 0 unspecified atom stereocenters.